The van der Waals surface area contributed by atoms with E-state index in [-0.39, 0.29) is 23.9 Å². The van der Waals surface area contributed by atoms with E-state index >= 15 is 0 Å². The Labute approximate surface area is 208 Å². The lowest BCUT2D eigenvalue weighted by atomic mass is 9.84. The van der Waals surface area contributed by atoms with Crippen LogP contribution in [-0.4, -0.2) is 71.9 Å². The van der Waals surface area contributed by atoms with Crippen LogP contribution in [0, 0.1) is 5.92 Å². The fraction of sp³-hybridized carbons (Fsp3) is 0.517. The fourth-order valence-electron chi connectivity index (χ4n) is 6.25. The second-order valence-corrected chi connectivity index (χ2v) is 10.2. The molecule has 3 atom stereocenters. The third-order valence-corrected chi connectivity index (χ3v) is 8.09. The van der Waals surface area contributed by atoms with Gasteiger partial charge in [-0.25, -0.2) is 0 Å². The number of ether oxygens (including phenoxy) is 1. The molecule has 5 rings (SSSR count). The molecule has 2 heterocycles. The van der Waals surface area contributed by atoms with Crippen LogP contribution in [0.4, 0.5) is 0 Å². The molecule has 186 valence electrons. The van der Waals surface area contributed by atoms with Crippen molar-refractivity contribution in [3.8, 4) is 5.75 Å². The van der Waals surface area contributed by atoms with Crippen LogP contribution < -0.4 is 4.74 Å². The van der Waals surface area contributed by atoms with Crippen molar-refractivity contribution < 1.29 is 14.3 Å². The number of likely N-dealkylation sites (tertiary alicyclic amines) is 1. The first-order chi connectivity index (χ1) is 17.1. The van der Waals surface area contributed by atoms with Crippen molar-refractivity contribution in [1.29, 1.82) is 0 Å². The predicted octanol–water partition coefficient (Wildman–Crippen LogP) is 4.20. The first-order valence-corrected chi connectivity index (χ1v) is 13.2. The Morgan fingerprint density at radius 1 is 0.886 bits per heavy atom. The molecule has 2 aromatic rings. The van der Waals surface area contributed by atoms with Gasteiger partial charge in [-0.2, -0.15) is 0 Å². The van der Waals surface area contributed by atoms with Gasteiger partial charge < -0.3 is 14.5 Å². The summed E-state index contributed by atoms with van der Waals surface area (Å²) in [4.78, 5) is 33.9. The molecular weight excluding hydrogens is 438 g/mol. The lowest BCUT2D eigenvalue weighted by Crippen LogP contribution is -2.51. The second kappa shape index (κ2) is 10.8. The minimum absolute atomic E-state index is 0.0225. The van der Waals surface area contributed by atoms with Crippen LogP contribution >= 0.6 is 0 Å². The highest BCUT2D eigenvalue weighted by Gasteiger charge is 2.48. The number of fused-ring (bicyclic) bond motifs is 1. The SMILES string of the molecule is COc1ccc(CN2CCCN(C(=O)C3CC4CCCCC4N3C(=O)c3ccccc3)CC2)cc1. The molecule has 3 unspecified atom stereocenters. The fourth-order valence-corrected chi connectivity index (χ4v) is 6.25. The van der Waals surface area contributed by atoms with Crippen molar-refractivity contribution in [3.05, 3.63) is 65.7 Å². The molecule has 3 fully saturated rings. The smallest absolute Gasteiger partial charge is 0.254 e. The second-order valence-electron chi connectivity index (χ2n) is 10.2. The average Bonchev–Trinajstić information content (AvgIpc) is 3.14. The Bertz CT molecular complexity index is 1010. The third-order valence-electron chi connectivity index (χ3n) is 8.09. The number of amides is 2. The van der Waals surface area contributed by atoms with Gasteiger partial charge in [-0.1, -0.05) is 43.2 Å². The molecule has 3 aliphatic rings. The molecule has 6 heteroatoms. The van der Waals surface area contributed by atoms with Crippen LogP contribution in [0.25, 0.3) is 0 Å². The number of rotatable bonds is 5. The summed E-state index contributed by atoms with van der Waals surface area (Å²) in [5.41, 5.74) is 1.95. The number of methoxy groups -OCH3 is 1. The van der Waals surface area contributed by atoms with Crippen molar-refractivity contribution in [2.24, 2.45) is 5.92 Å². The van der Waals surface area contributed by atoms with Crippen LogP contribution in [0.2, 0.25) is 0 Å². The highest BCUT2D eigenvalue weighted by molar-refractivity contribution is 5.98. The summed E-state index contributed by atoms with van der Waals surface area (Å²) >= 11 is 0. The number of carbonyl (C=O) groups excluding carboxylic acids is 2. The van der Waals surface area contributed by atoms with Gasteiger partial charge in [-0.05, 0) is 61.4 Å². The van der Waals surface area contributed by atoms with Gasteiger partial charge in [0.05, 0.1) is 7.11 Å². The summed E-state index contributed by atoms with van der Waals surface area (Å²) in [6, 6.07) is 17.6. The van der Waals surface area contributed by atoms with Crippen LogP contribution in [0.5, 0.6) is 5.75 Å². The zero-order chi connectivity index (χ0) is 24.2. The molecule has 6 nitrogen and oxygen atoms in total. The molecule has 2 aliphatic heterocycles. The van der Waals surface area contributed by atoms with Gasteiger partial charge in [-0.15, -0.1) is 0 Å². The van der Waals surface area contributed by atoms with Gasteiger partial charge in [-0.3, -0.25) is 14.5 Å². The average molecular weight is 476 g/mol. The summed E-state index contributed by atoms with van der Waals surface area (Å²) in [7, 11) is 1.68. The van der Waals surface area contributed by atoms with E-state index in [9.17, 15) is 9.59 Å². The lowest BCUT2D eigenvalue weighted by molar-refractivity contribution is -0.135. The Morgan fingerprint density at radius 2 is 1.66 bits per heavy atom. The van der Waals surface area contributed by atoms with Crippen molar-refractivity contribution in [2.75, 3.05) is 33.3 Å². The van der Waals surface area contributed by atoms with Crippen molar-refractivity contribution in [2.45, 2.75) is 57.2 Å². The minimum atomic E-state index is -0.330. The zero-order valence-corrected chi connectivity index (χ0v) is 20.8. The Morgan fingerprint density at radius 3 is 2.43 bits per heavy atom. The maximum atomic E-state index is 13.9. The van der Waals surface area contributed by atoms with Gasteiger partial charge in [0, 0.05) is 44.3 Å². The molecular formula is C29H37N3O3. The van der Waals surface area contributed by atoms with Gasteiger partial charge >= 0.3 is 0 Å². The third kappa shape index (κ3) is 5.22. The molecule has 0 spiro atoms. The van der Waals surface area contributed by atoms with Crippen molar-refractivity contribution >= 4 is 11.8 Å². The summed E-state index contributed by atoms with van der Waals surface area (Å²) in [5.74, 6) is 1.49. The molecule has 1 saturated carbocycles. The van der Waals surface area contributed by atoms with E-state index in [0.29, 0.717) is 18.0 Å². The molecule has 0 N–H and O–H groups in total. The molecule has 0 aromatic heterocycles. The highest BCUT2D eigenvalue weighted by atomic mass is 16.5. The summed E-state index contributed by atoms with van der Waals surface area (Å²) in [6.45, 7) is 4.17. The van der Waals surface area contributed by atoms with Crippen LogP contribution in [-0.2, 0) is 11.3 Å². The van der Waals surface area contributed by atoms with Gasteiger partial charge in [0.2, 0.25) is 5.91 Å². The summed E-state index contributed by atoms with van der Waals surface area (Å²) < 4.78 is 5.27. The van der Waals surface area contributed by atoms with Crippen molar-refractivity contribution in [1.82, 2.24) is 14.7 Å². The predicted molar refractivity (Wildman–Crippen MR) is 136 cm³/mol. The van der Waals surface area contributed by atoms with Crippen LogP contribution in [0.1, 0.15) is 54.4 Å². The number of nitrogens with zero attached hydrogens (tertiary/aromatic N) is 3. The Balaban J connectivity index is 1.27. The molecule has 2 saturated heterocycles. The number of hydrogen-bond donors (Lipinski definition) is 0. The molecule has 2 amide bonds. The molecule has 35 heavy (non-hydrogen) atoms. The highest BCUT2D eigenvalue weighted by Crippen LogP contribution is 2.41. The minimum Gasteiger partial charge on any atom is -0.497 e. The quantitative estimate of drug-likeness (QED) is 0.650. The van der Waals surface area contributed by atoms with Crippen LogP contribution in [0.3, 0.4) is 0 Å². The largest absolute Gasteiger partial charge is 0.497 e. The lowest BCUT2D eigenvalue weighted by Gasteiger charge is -2.35. The van der Waals surface area contributed by atoms with Gasteiger partial charge in [0.25, 0.3) is 5.91 Å². The van der Waals surface area contributed by atoms with Crippen LogP contribution in [0.15, 0.2) is 54.6 Å². The van der Waals surface area contributed by atoms with Crippen molar-refractivity contribution in [3.63, 3.8) is 0 Å². The van der Waals surface area contributed by atoms with E-state index in [4.69, 9.17) is 4.74 Å². The van der Waals surface area contributed by atoms with E-state index in [1.165, 1.54) is 12.0 Å². The summed E-state index contributed by atoms with van der Waals surface area (Å²) in [5, 5.41) is 0. The van der Waals surface area contributed by atoms with E-state index in [2.05, 4.69) is 17.0 Å². The first kappa shape index (κ1) is 23.9. The Kier molecular flexibility index (Phi) is 7.37. The molecule has 0 radical (unpaired) electrons. The van der Waals surface area contributed by atoms with E-state index in [1.807, 2.05) is 52.3 Å². The number of hydrogen-bond acceptors (Lipinski definition) is 4. The summed E-state index contributed by atoms with van der Waals surface area (Å²) in [6.07, 6.45) is 6.26. The monoisotopic (exact) mass is 475 g/mol. The zero-order valence-electron chi connectivity index (χ0n) is 20.8. The molecule has 0 bridgehead atoms. The van der Waals surface area contributed by atoms with E-state index in [0.717, 1.165) is 64.0 Å². The topological polar surface area (TPSA) is 53.1 Å². The first-order valence-electron chi connectivity index (χ1n) is 13.2. The number of benzene rings is 2. The standard InChI is InChI=1S/C29H37N3O3/c1-35-25-14-12-22(13-15-25)21-30-16-7-17-31(19-18-30)29(34)27-20-24-10-5-6-11-26(24)32(27)28(33)23-8-3-2-4-9-23/h2-4,8-9,12-15,24,26-27H,5-7,10-11,16-21H2,1H3. The maximum absolute atomic E-state index is 13.9. The van der Waals surface area contributed by atoms with E-state index < -0.39 is 0 Å². The number of carbonyl (C=O) groups is 2. The normalized spacial score (nSPS) is 25.1. The Hall–Kier alpha value is -2.86. The van der Waals surface area contributed by atoms with E-state index in [1.54, 1.807) is 7.11 Å². The molecule has 2 aromatic carbocycles. The van der Waals surface area contributed by atoms with Gasteiger partial charge in [0.15, 0.2) is 0 Å². The molecule has 1 aliphatic carbocycles. The maximum Gasteiger partial charge on any atom is 0.254 e. The van der Waals surface area contributed by atoms with Gasteiger partial charge in [0.1, 0.15) is 11.8 Å².